The van der Waals surface area contributed by atoms with Crippen LogP contribution in [0.4, 0.5) is 0 Å². The Morgan fingerprint density at radius 2 is 1.95 bits per heavy atom. The van der Waals surface area contributed by atoms with Crippen molar-refractivity contribution in [2.75, 3.05) is 6.26 Å². The van der Waals surface area contributed by atoms with E-state index in [0.29, 0.717) is 18.8 Å². The molecule has 0 aromatic carbocycles. The molecule has 0 spiro atoms. The summed E-state index contributed by atoms with van der Waals surface area (Å²) in [5.74, 6) is 0.456. The number of hydrogen-bond donors (Lipinski definition) is 3. The molecule has 4 N–H and O–H groups in total. The second-order valence-corrected chi connectivity index (χ2v) is 7.40. The zero-order valence-corrected chi connectivity index (χ0v) is 13.1. The average Bonchev–Trinajstić information content (AvgIpc) is 2.43. The Bertz CT molecular complexity index is 386. The molecule has 0 unspecified atom stereocenters. The van der Waals surface area contributed by atoms with Crippen molar-refractivity contribution in [1.82, 2.24) is 5.32 Å². The predicted molar refractivity (Wildman–Crippen MR) is 81.9 cm³/mol. The molecule has 0 saturated heterocycles. The molecule has 114 valence electrons. The van der Waals surface area contributed by atoms with Crippen molar-refractivity contribution in [2.24, 2.45) is 22.2 Å². The number of amidine groups is 1. The lowest BCUT2D eigenvalue weighted by atomic mass is 9.61. The number of rotatable bonds is 4. The number of amides is 1. The number of carbonyl (C=O) groups excluding carboxylic acids is 1. The van der Waals surface area contributed by atoms with Crippen molar-refractivity contribution in [3.63, 3.8) is 0 Å². The molecule has 2 saturated carbocycles. The average molecular weight is 299 g/mol. The zero-order valence-electron chi connectivity index (χ0n) is 12.3. The Morgan fingerprint density at radius 3 is 2.40 bits per heavy atom. The lowest BCUT2D eigenvalue weighted by molar-refractivity contribution is -0.134. The van der Waals surface area contributed by atoms with E-state index in [0.717, 1.165) is 30.9 Å². The number of hydrogen-bond acceptors (Lipinski definition) is 4. The summed E-state index contributed by atoms with van der Waals surface area (Å²) in [5, 5.41) is 15.9. The van der Waals surface area contributed by atoms with Crippen LogP contribution in [0.25, 0.3) is 0 Å². The van der Waals surface area contributed by atoms with Gasteiger partial charge in [0.15, 0.2) is 5.84 Å². The molecule has 0 atom stereocenters. The number of oxime groups is 1. The molecule has 0 aliphatic heterocycles. The SMILES string of the molecule is CSC1CCC(NC(=O)C2(C(N)=NO)CC(C)C2)CC1. The van der Waals surface area contributed by atoms with Gasteiger partial charge < -0.3 is 16.3 Å². The summed E-state index contributed by atoms with van der Waals surface area (Å²) in [6.07, 6.45) is 7.85. The molecule has 20 heavy (non-hydrogen) atoms. The number of nitrogens with two attached hydrogens (primary N) is 1. The smallest absolute Gasteiger partial charge is 0.234 e. The van der Waals surface area contributed by atoms with Crippen molar-refractivity contribution >= 4 is 23.5 Å². The maximum absolute atomic E-state index is 12.5. The van der Waals surface area contributed by atoms with E-state index in [2.05, 4.69) is 23.7 Å². The maximum Gasteiger partial charge on any atom is 0.234 e. The van der Waals surface area contributed by atoms with Crippen LogP contribution < -0.4 is 11.1 Å². The van der Waals surface area contributed by atoms with Crippen LogP contribution in [-0.4, -0.2) is 34.5 Å². The highest BCUT2D eigenvalue weighted by Gasteiger charge is 2.52. The van der Waals surface area contributed by atoms with E-state index in [9.17, 15) is 4.79 Å². The zero-order chi connectivity index (χ0) is 14.8. The Labute approximate surface area is 124 Å². The third kappa shape index (κ3) is 2.90. The van der Waals surface area contributed by atoms with E-state index >= 15 is 0 Å². The molecular weight excluding hydrogens is 274 g/mol. The second kappa shape index (κ2) is 6.24. The van der Waals surface area contributed by atoms with Crippen LogP contribution in [0.15, 0.2) is 5.16 Å². The van der Waals surface area contributed by atoms with Gasteiger partial charge in [-0.25, -0.2) is 0 Å². The Balaban J connectivity index is 1.94. The van der Waals surface area contributed by atoms with E-state index in [1.54, 1.807) is 0 Å². The van der Waals surface area contributed by atoms with Crippen LogP contribution in [-0.2, 0) is 4.79 Å². The summed E-state index contributed by atoms with van der Waals surface area (Å²) < 4.78 is 0. The van der Waals surface area contributed by atoms with Crippen molar-refractivity contribution in [2.45, 2.75) is 56.7 Å². The standard InChI is InChI=1S/C14H25N3O2S/c1-9-7-14(8-9,12(15)17-19)13(18)16-10-3-5-11(20-2)6-4-10/h9-11,19H,3-8H2,1-2H3,(H2,15,17)(H,16,18). The molecule has 0 aromatic heterocycles. The van der Waals surface area contributed by atoms with Crippen molar-refractivity contribution < 1.29 is 10.0 Å². The minimum absolute atomic E-state index is 0.0569. The maximum atomic E-state index is 12.5. The molecular formula is C14H25N3O2S. The molecule has 0 bridgehead atoms. The summed E-state index contributed by atoms with van der Waals surface area (Å²) in [4.78, 5) is 12.5. The van der Waals surface area contributed by atoms with Gasteiger partial charge >= 0.3 is 0 Å². The summed E-state index contributed by atoms with van der Waals surface area (Å²) in [6.45, 7) is 2.08. The largest absolute Gasteiger partial charge is 0.409 e. The number of nitrogens with one attached hydrogen (secondary N) is 1. The number of carbonyl (C=O) groups is 1. The van der Waals surface area contributed by atoms with Gasteiger partial charge in [0.25, 0.3) is 0 Å². The van der Waals surface area contributed by atoms with Gasteiger partial charge in [0, 0.05) is 11.3 Å². The van der Waals surface area contributed by atoms with Crippen LogP contribution in [0.1, 0.15) is 45.4 Å². The fourth-order valence-corrected chi connectivity index (χ4v) is 4.25. The minimum Gasteiger partial charge on any atom is -0.409 e. The Hall–Kier alpha value is -0.910. The predicted octanol–water partition coefficient (Wildman–Crippen LogP) is 1.94. The van der Waals surface area contributed by atoms with Crippen LogP contribution in [0, 0.1) is 11.3 Å². The van der Waals surface area contributed by atoms with Gasteiger partial charge in [-0.15, -0.1) is 0 Å². The molecule has 0 heterocycles. The third-order valence-corrected chi connectivity index (χ3v) is 5.91. The summed E-state index contributed by atoms with van der Waals surface area (Å²) in [6, 6.07) is 0.241. The van der Waals surface area contributed by atoms with E-state index in [1.807, 2.05) is 11.8 Å². The van der Waals surface area contributed by atoms with Gasteiger partial charge in [-0.3, -0.25) is 4.79 Å². The van der Waals surface area contributed by atoms with Gasteiger partial charge in [0.1, 0.15) is 5.41 Å². The summed E-state index contributed by atoms with van der Waals surface area (Å²) in [5.41, 5.74) is 4.99. The molecule has 2 fully saturated rings. The van der Waals surface area contributed by atoms with Gasteiger partial charge in [0.2, 0.25) is 5.91 Å². The van der Waals surface area contributed by atoms with Crippen LogP contribution in [0.2, 0.25) is 0 Å². The number of nitrogens with zero attached hydrogens (tertiary/aromatic N) is 1. The highest BCUT2D eigenvalue weighted by molar-refractivity contribution is 7.99. The molecule has 2 rings (SSSR count). The van der Waals surface area contributed by atoms with Crippen molar-refractivity contribution in [1.29, 1.82) is 0 Å². The lowest BCUT2D eigenvalue weighted by Gasteiger charge is -2.44. The Kier molecular flexibility index (Phi) is 4.83. The third-order valence-electron chi connectivity index (χ3n) is 4.77. The van der Waals surface area contributed by atoms with Crippen LogP contribution >= 0.6 is 11.8 Å². The van der Waals surface area contributed by atoms with E-state index in [4.69, 9.17) is 10.9 Å². The van der Waals surface area contributed by atoms with Crippen molar-refractivity contribution in [3.05, 3.63) is 0 Å². The Morgan fingerprint density at radius 1 is 1.35 bits per heavy atom. The first kappa shape index (κ1) is 15.5. The first-order chi connectivity index (χ1) is 9.51. The number of thioether (sulfide) groups is 1. The molecule has 5 nitrogen and oxygen atoms in total. The second-order valence-electron chi connectivity index (χ2n) is 6.26. The molecule has 2 aliphatic rings. The first-order valence-electron chi connectivity index (χ1n) is 7.33. The summed E-state index contributed by atoms with van der Waals surface area (Å²) in [7, 11) is 0. The highest BCUT2D eigenvalue weighted by atomic mass is 32.2. The monoisotopic (exact) mass is 299 g/mol. The van der Waals surface area contributed by atoms with Gasteiger partial charge in [-0.05, 0) is 50.7 Å². The molecule has 6 heteroatoms. The first-order valence-corrected chi connectivity index (χ1v) is 8.62. The normalized spacial score (nSPS) is 38.1. The van der Waals surface area contributed by atoms with Gasteiger partial charge in [-0.2, -0.15) is 11.8 Å². The van der Waals surface area contributed by atoms with Crippen LogP contribution in [0.3, 0.4) is 0 Å². The highest BCUT2D eigenvalue weighted by Crippen LogP contribution is 2.46. The molecule has 0 aromatic rings. The topological polar surface area (TPSA) is 87.7 Å². The van der Waals surface area contributed by atoms with E-state index in [-0.39, 0.29) is 17.8 Å². The lowest BCUT2D eigenvalue weighted by Crippen LogP contribution is -2.58. The molecule has 0 radical (unpaired) electrons. The van der Waals surface area contributed by atoms with Crippen LogP contribution in [0.5, 0.6) is 0 Å². The quantitative estimate of drug-likeness (QED) is 0.320. The molecule has 1 amide bonds. The van der Waals surface area contributed by atoms with Gasteiger partial charge in [0.05, 0.1) is 0 Å². The minimum atomic E-state index is -0.773. The van der Waals surface area contributed by atoms with Crippen molar-refractivity contribution in [3.8, 4) is 0 Å². The fraction of sp³-hybridized carbons (Fsp3) is 0.857. The summed E-state index contributed by atoms with van der Waals surface area (Å²) >= 11 is 1.91. The van der Waals surface area contributed by atoms with Gasteiger partial charge in [-0.1, -0.05) is 12.1 Å². The fourth-order valence-electron chi connectivity index (χ4n) is 3.50. The molecule has 2 aliphatic carbocycles. The van der Waals surface area contributed by atoms with E-state index < -0.39 is 5.41 Å². The van der Waals surface area contributed by atoms with E-state index in [1.165, 1.54) is 0 Å².